The Kier molecular flexibility index (Phi) is 9.96. The van der Waals surface area contributed by atoms with Crippen LogP contribution in [-0.2, 0) is 4.79 Å². The summed E-state index contributed by atoms with van der Waals surface area (Å²) in [6.45, 7) is 9.20. The molecule has 2 saturated heterocycles. The molecule has 0 bridgehead atoms. The number of carbonyl (C=O) groups excluding carboxylic acids is 2. The van der Waals surface area contributed by atoms with Crippen LogP contribution in [0.3, 0.4) is 0 Å². The van der Waals surface area contributed by atoms with Gasteiger partial charge in [0.2, 0.25) is 5.91 Å². The Hall–Kier alpha value is -2.21. The van der Waals surface area contributed by atoms with E-state index in [1.807, 2.05) is 0 Å². The van der Waals surface area contributed by atoms with Gasteiger partial charge in [-0.25, -0.2) is 9.59 Å². The molecule has 1 atom stereocenters. The summed E-state index contributed by atoms with van der Waals surface area (Å²) in [6, 6.07) is 1.52. The predicted octanol–water partition coefficient (Wildman–Crippen LogP) is 1.09. The van der Waals surface area contributed by atoms with Gasteiger partial charge < -0.3 is 26.2 Å². The van der Waals surface area contributed by atoms with Crippen LogP contribution < -0.4 is 22.5 Å². The summed E-state index contributed by atoms with van der Waals surface area (Å²) in [4.78, 5) is 47.7. The summed E-state index contributed by atoms with van der Waals surface area (Å²) in [5.41, 5.74) is 10.5. The highest BCUT2D eigenvalue weighted by atomic mass is 35.5. The fraction of sp³-hybridized carbons (Fsp3) is 0.760. The number of piperazine rings is 1. The van der Waals surface area contributed by atoms with E-state index in [2.05, 4.69) is 15.2 Å². The molecule has 0 aromatic carbocycles. The number of anilines is 1. The Morgan fingerprint density at radius 1 is 1.03 bits per heavy atom. The normalized spacial score (nSPS) is 25.0. The van der Waals surface area contributed by atoms with Crippen molar-refractivity contribution in [2.75, 3.05) is 57.7 Å². The highest BCUT2D eigenvalue weighted by Gasteiger charge is 2.32. The molecule has 1 aromatic heterocycles. The molecule has 5 N–H and O–H groups in total. The van der Waals surface area contributed by atoms with Gasteiger partial charge in [0.15, 0.2) is 0 Å². The molecule has 2 aliphatic heterocycles. The highest BCUT2D eigenvalue weighted by Crippen LogP contribution is 2.32. The van der Waals surface area contributed by atoms with E-state index in [1.165, 1.54) is 6.42 Å². The molecule has 1 aromatic rings. The first-order valence-corrected chi connectivity index (χ1v) is 13.3. The van der Waals surface area contributed by atoms with Gasteiger partial charge in [-0.15, -0.1) is 12.4 Å². The minimum atomic E-state index is -0.931. The second-order valence-electron chi connectivity index (χ2n) is 11.3. The van der Waals surface area contributed by atoms with E-state index in [1.54, 1.807) is 40.5 Å². The summed E-state index contributed by atoms with van der Waals surface area (Å²) in [5.74, 6) is 1.44. The van der Waals surface area contributed by atoms with Gasteiger partial charge in [-0.3, -0.25) is 14.7 Å². The smallest absolute Gasteiger partial charge is 0.338 e. The third-order valence-corrected chi connectivity index (χ3v) is 7.90. The number of nitrogens with one attached hydrogen (secondary N) is 1. The van der Waals surface area contributed by atoms with Crippen LogP contribution in [0.4, 0.5) is 10.6 Å². The maximum absolute atomic E-state index is 12.7. The second kappa shape index (κ2) is 12.6. The lowest BCUT2D eigenvalue weighted by Gasteiger charge is -2.37. The molecule has 208 valence electrons. The number of likely N-dealkylation sites (tertiary alicyclic amines) is 1. The summed E-state index contributed by atoms with van der Waals surface area (Å²) in [6.07, 6.45) is 7.11. The average molecular weight is 539 g/mol. The van der Waals surface area contributed by atoms with E-state index in [-0.39, 0.29) is 41.9 Å². The van der Waals surface area contributed by atoms with E-state index in [0.29, 0.717) is 38.0 Å². The SMILES string of the molecule is CC(C)(N)C(=O)N1CCN(C(=O)Nc2ccn(C3CCC(CN4CC[C@@H](CN)C4)CC3)c(=O)n2)CC1.Cl. The lowest BCUT2D eigenvalue weighted by molar-refractivity contribution is -0.137. The molecule has 3 aliphatic rings. The van der Waals surface area contributed by atoms with Crippen LogP contribution in [0.5, 0.6) is 0 Å². The monoisotopic (exact) mass is 538 g/mol. The number of hydrogen-bond acceptors (Lipinski definition) is 7. The lowest BCUT2D eigenvalue weighted by atomic mass is 9.85. The number of urea groups is 1. The van der Waals surface area contributed by atoms with Crippen molar-refractivity contribution in [1.82, 2.24) is 24.3 Å². The third-order valence-electron chi connectivity index (χ3n) is 7.90. The van der Waals surface area contributed by atoms with Gasteiger partial charge in [0.05, 0.1) is 5.54 Å². The van der Waals surface area contributed by atoms with Crippen LogP contribution in [0.15, 0.2) is 17.1 Å². The fourth-order valence-corrected chi connectivity index (χ4v) is 5.71. The Morgan fingerprint density at radius 3 is 2.24 bits per heavy atom. The Balaban J connectivity index is 0.00000380. The molecular formula is C25H43ClN8O3. The predicted molar refractivity (Wildman–Crippen MR) is 146 cm³/mol. The molecule has 3 heterocycles. The first-order valence-electron chi connectivity index (χ1n) is 13.3. The molecule has 0 spiro atoms. The van der Waals surface area contributed by atoms with Gasteiger partial charge in [0, 0.05) is 51.5 Å². The van der Waals surface area contributed by atoms with Gasteiger partial charge in [0.25, 0.3) is 0 Å². The van der Waals surface area contributed by atoms with Crippen molar-refractivity contribution < 1.29 is 9.59 Å². The van der Waals surface area contributed by atoms with Crippen molar-refractivity contribution in [3.8, 4) is 0 Å². The Bertz CT molecular complexity index is 981. The molecule has 12 heteroatoms. The number of rotatable bonds is 6. The number of amides is 3. The highest BCUT2D eigenvalue weighted by molar-refractivity contribution is 5.89. The zero-order chi connectivity index (χ0) is 25.9. The van der Waals surface area contributed by atoms with E-state index in [4.69, 9.17) is 11.5 Å². The molecule has 11 nitrogen and oxygen atoms in total. The van der Waals surface area contributed by atoms with Crippen molar-refractivity contribution in [2.45, 2.75) is 57.5 Å². The zero-order valence-corrected chi connectivity index (χ0v) is 22.9. The van der Waals surface area contributed by atoms with Crippen molar-refractivity contribution in [3.63, 3.8) is 0 Å². The molecule has 1 saturated carbocycles. The van der Waals surface area contributed by atoms with E-state index >= 15 is 0 Å². The molecule has 3 amide bonds. The van der Waals surface area contributed by atoms with Crippen LogP contribution in [0.2, 0.25) is 0 Å². The molecular weight excluding hydrogens is 496 g/mol. The van der Waals surface area contributed by atoms with Crippen LogP contribution >= 0.6 is 12.4 Å². The molecule has 1 aliphatic carbocycles. The maximum atomic E-state index is 12.7. The van der Waals surface area contributed by atoms with Crippen molar-refractivity contribution in [2.24, 2.45) is 23.3 Å². The van der Waals surface area contributed by atoms with E-state index in [0.717, 1.165) is 51.9 Å². The van der Waals surface area contributed by atoms with Crippen molar-refractivity contribution in [1.29, 1.82) is 0 Å². The minimum absolute atomic E-state index is 0. The lowest BCUT2D eigenvalue weighted by Crippen LogP contribution is -2.58. The Morgan fingerprint density at radius 2 is 1.68 bits per heavy atom. The van der Waals surface area contributed by atoms with Crippen LogP contribution in [0.25, 0.3) is 0 Å². The topological polar surface area (TPSA) is 143 Å². The Labute approximate surface area is 225 Å². The number of nitrogens with two attached hydrogens (primary N) is 2. The summed E-state index contributed by atoms with van der Waals surface area (Å²) in [5, 5.41) is 2.73. The number of nitrogens with zero attached hydrogens (tertiary/aromatic N) is 5. The van der Waals surface area contributed by atoms with Crippen molar-refractivity contribution >= 4 is 30.2 Å². The third kappa shape index (κ3) is 7.43. The fourth-order valence-electron chi connectivity index (χ4n) is 5.71. The first-order chi connectivity index (χ1) is 17.1. The quantitative estimate of drug-likeness (QED) is 0.492. The number of carbonyl (C=O) groups is 2. The van der Waals surface area contributed by atoms with Gasteiger partial charge >= 0.3 is 11.7 Å². The largest absolute Gasteiger partial charge is 0.349 e. The first kappa shape index (κ1) is 29.3. The van der Waals surface area contributed by atoms with Gasteiger partial charge in [0.1, 0.15) is 5.82 Å². The minimum Gasteiger partial charge on any atom is -0.338 e. The van der Waals surface area contributed by atoms with E-state index in [9.17, 15) is 14.4 Å². The average Bonchev–Trinajstić information content (AvgIpc) is 3.31. The molecule has 0 unspecified atom stereocenters. The molecule has 0 radical (unpaired) electrons. The van der Waals surface area contributed by atoms with Crippen LogP contribution in [0, 0.1) is 11.8 Å². The summed E-state index contributed by atoms with van der Waals surface area (Å²) in [7, 11) is 0. The van der Waals surface area contributed by atoms with Gasteiger partial charge in [-0.1, -0.05) is 0 Å². The molecule has 4 rings (SSSR count). The number of hydrogen-bond donors (Lipinski definition) is 3. The standard InChI is InChI=1S/C25H42N8O3.ClH/c1-25(2,27)22(34)31-11-13-32(14-12-31)23(35)28-21-8-10-33(24(36)29-21)20-5-3-18(4-6-20)16-30-9-7-19(15-26)17-30;/h8,10,18-20H,3-7,9,11-17,26-27H2,1-2H3,(H,28,29,35,36);1H/t18?,19-,20?;/m0./s1. The number of halogens is 1. The molecule has 3 fully saturated rings. The number of aromatic nitrogens is 2. The molecule has 37 heavy (non-hydrogen) atoms. The second-order valence-corrected chi connectivity index (χ2v) is 11.3. The zero-order valence-electron chi connectivity index (χ0n) is 22.1. The van der Waals surface area contributed by atoms with Crippen molar-refractivity contribution in [3.05, 3.63) is 22.7 Å². The maximum Gasteiger partial charge on any atom is 0.349 e. The summed E-state index contributed by atoms with van der Waals surface area (Å²) >= 11 is 0. The van der Waals surface area contributed by atoms with Gasteiger partial charge in [-0.05, 0) is 76.9 Å². The van der Waals surface area contributed by atoms with E-state index < -0.39 is 5.54 Å². The summed E-state index contributed by atoms with van der Waals surface area (Å²) < 4.78 is 1.71. The van der Waals surface area contributed by atoms with Crippen LogP contribution in [-0.4, -0.2) is 94.1 Å². The van der Waals surface area contributed by atoms with Crippen LogP contribution in [0.1, 0.15) is 52.0 Å². The van der Waals surface area contributed by atoms with Gasteiger partial charge in [-0.2, -0.15) is 4.98 Å².